The maximum absolute atomic E-state index is 12.4. The lowest BCUT2D eigenvalue weighted by Crippen LogP contribution is -2.49. The van der Waals surface area contributed by atoms with E-state index in [9.17, 15) is 4.79 Å². The van der Waals surface area contributed by atoms with Gasteiger partial charge in [0.15, 0.2) is 0 Å². The van der Waals surface area contributed by atoms with E-state index >= 15 is 0 Å². The number of rotatable bonds is 8. The van der Waals surface area contributed by atoms with E-state index in [0.29, 0.717) is 12.3 Å². The molecule has 1 amide bonds. The summed E-state index contributed by atoms with van der Waals surface area (Å²) in [4.78, 5) is 12.4. The number of anilines is 1. The van der Waals surface area contributed by atoms with E-state index in [1.807, 2.05) is 30.3 Å². The SMILES string of the molecule is CCC(C)[C@H](NC[C@@H](N)CS)C(=O)Nc1ccccc1. The van der Waals surface area contributed by atoms with Crippen molar-refractivity contribution in [1.29, 1.82) is 0 Å². The van der Waals surface area contributed by atoms with Gasteiger partial charge in [-0.2, -0.15) is 12.6 Å². The van der Waals surface area contributed by atoms with Crippen LogP contribution >= 0.6 is 12.6 Å². The van der Waals surface area contributed by atoms with E-state index in [1.54, 1.807) is 0 Å². The monoisotopic (exact) mass is 295 g/mol. The molecule has 4 nitrogen and oxygen atoms in total. The number of para-hydroxylation sites is 1. The van der Waals surface area contributed by atoms with E-state index in [2.05, 4.69) is 37.1 Å². The first kappa shape index (κ1) is 17.0. The third-order valence-electron chi connectivity index (χ3n) is 3.37. The molecule has 1 aromatic rings. The lowest BCUT2D eigenvalue weighted by Gasteiger charge is -2.25. The van der Waals surface area contributed by atoms with E-state index in [4.69, 9.17) is 5.73 Å². The Balaban J connectivity index is 2.64. The van der Waals surface area contributed by atoms with Crippen molar-refractivity contribution in [2.24, 2.45) is 11.7 Å². The van der Waals surface area contributed by atoms with Crippen molar-refractivity contribution in [2.45, 2.75) is 32.4 Å². The molecule has 0 bridgehead atoms. The molecule has 5 heteroatoms. The first-order chi connectivity index (χ1) is 9.58. The van der Waals surface area contributed by atoms with Crippen LogP contribution in [0.15, 0.2) is 30.3 Å². The van der Waals surface area contributed by atoms with Crippen LogP contribution in [-0.4, -0.2) is 30.3 Å². The highest BCUT2D eigenvalue weighted by molar-refractivity contribution is 7.80. The molecule has 1 aromatic carbocycles. The largest absolute Gasteiger partial charge is 0.326 e. The summed E-state index contributed by atoms with van der Waals surface area (Å²) in [5.41, 5.74) is 6.66. The van der Waals surface area contributed by atoms with Crippen LogP contribution in [0.4, 0.5) is 5.69 Å². The summed E-state index contributed by atoms with van der Waals surface area (Å²) in [5, 5.41) is 6.19. The van der Waals surface area contributed by atoms with Crippen molar-refractivity contribution in [3.63, 3.8) is 0 Å². The van der Waals surface area contributed by atoms with Crippen LogP contribution in [0.2, 0.25) is 0 Å². The van der Waals surface area contributed by atoms with Crippen molar-refractivity contribution < 1.29 is 4.79 Å². The third-order valence-corrected chi connectivity index (χ3v) is 3.84. The number of nitrogens with one attached hydrogen (secondary N) is 2. The zero-order chi connectivity index (χ0) is 15.0. The van der Waals surface area contributed by atoms with Crippen LogP contribution in [0.5, 0.6) is 0 Å². The van der Waals surface area contributed by atoms with Gasteiger partial charge >= 0.3 is 0 Å². The first-order valence-corrected chi connectivity index (χ1v) is 7.67. The third kappa shape index (κ3) is 5.53. The van der Waals surface area contributed by atoms with Gasteiger partial charge < -0.3 is 16.4 Å². The summed E-state index contributed by atoms with van der Waals surface area (Å²) < 4.78 is 0. The number of benzene rings is 1. The Morgan fingerprint density at radius 3 is 2.55 bits per heavy atom. The summed E-state index contributed by atoms with van der Waals surface area (Å²) in [6.45, 7) is 4.73. The summed E-state index contributed by atoms with van der Waals surface area (Å²) in [6, 6.07) is 9.19. The molecule has 0 saturated heterocycles. The van der Waals surface area contributed by atoms with Crippen LogP contribution in [-0.2, 0) is 4.79 Å². The molecule has 112 valence electrons. The standard InChI is InChI=1S/C15H25N3OS/c1-3-11(2)14(17-9-12(16)10-20)15(19)18-13-7-5-4-6-8-13/h4-8,11-12,14,17,20H,3,9-10,16H2,1-2H3,(H,18,19)/t11?,12-,14+/m1/s1. The fourth-order valence-electron chi connectivity index (χ4n) is 1.87. The van der Waals surface area contributed by atoms with Gasteiger partial charge in [-0.15, -0.1) is 0 Å². The van der Waals surface area contributed by atoms with E-state index in [0.717, 1.165) is 12.1 Å². The summed E-state index contributed by atoms with van der Waals surface area (Å²) >= 11 is 4.16. The van der Waals surface area contributed by atoms with Crippen LogP contribution < -0.4 is 16.4 Å². The van der Waals surface area contributed by atoms with Gasteiger partial charge in [0, 0.05) is 24.0 Å². The molecule has 1 unspecified atom stereocenters. The van der Waals surface area contributed by atoms with Crippen LogP contribution in [0.25, 0.3) is 0 Å². The van der Waals surface area contributed by atoms with Crippen molar-refractivity contribution >= 4 is 24.2 Å². The molecule has 4 N–H and O–H groups in total. The smallest absolute Gasteiger partial charge is 0.241 e. The number of amides is 1. The van der Waals surface area contributed by atoms with Gasteiger partial charge in [-0.3, -0.25) is 4.79 Å². The van der Waals surface area contributed by atoms with Gasteiger partial charge in [-0.05, 0) is 18.1 Å². The molecule has 0 saturated carbocycles. The zero-order valence-electron chi connectivity index (χ0n) is 12.2. The Morgan fingerprint density at radius 1 is 1.35 bits per heavy atom. The molecule has 1 rings (SSSR count). The van der Waals surface area contributed by atoms with E-state index < -0.39 is 0 Å². The Bertz CT molecular complexity index is 399. The van der Waals surface area contributed by atoms with Crippen molar-refractivity contribution in [1.82, 2.24) is 5.32 Å². The van der Waals surface area contributed by atoms with Gasteiger partial charge in [-0.1, -0.05) is 38.5 Å². The van der Waals surface area contributed by atoms with Crippen molar-refractivity contribution in [3.05, 3.63) is 30.3 Å². The normalized spacial score (nSPS) is 15.4. The van der Waals surface area contributed by atoms with Gasteiger partial charge in [0.2, 0.25) is 5.91 Å². The molecule has 0 aliphatic carbocycles. The number of thiol groups is 1. The highest BCUT2D eigenvalue weighted by Gasteiger charge is 2.24. The van der Waals surface area contributed by atoms with Gasteiger partial charge in [0.05, 0.1) is 6.04 Å². The molecular weight excluding hydrogens is 270 g/mol. The average molecular weight is 295 g/mol. The maximum Gasteiger partial charge on any atom is 0.241 e. The van der Waals surface area contributed by atoms with Crippen molar-refractivity contribution in [3.8, 4) is 0 Å². The molecule has 0 aliphatic heterocycles. The Morgan fingerprint density at radius 2 is 2.00 bits per heavy atom. The Hall–Kier alpha value is -1.04. The minimum Gasteiger partial charge on any atom is -0.326 e. The number of carbonyl (C=O) groups excluding carboxylic acids is 1. The molecule has 0 spiro atoms. The fraction of sp³-hybridized carbons (Fsp3) is 0.533. The second kappa shape index (κ2) is 9.00. The number of hydrogen-bond acceptors (Lipinski definition) is 4. The lowest BCUT2D eigenvalue weighted by molar-refractivity contribution is -0.119. The summed E-state index contributed by atoms with van der Waals surface area (Å²) in [5.74, 6) is 0.823. The van der Waals surface area contributed by atoms with Crippen LogP contribution in [0.3, 0.4) is 0 Å². The Labute approximate surface area is 126 Å². The minimum atomic E-state index is -0.244. The highest BCUT2D eigenvalue weighted by Crippen LogP contribution is 2.12. The van der Waals surface area contributed by atoms with Gasteiger partial charge in [0.25, 0.3) is 0 Å². The average Bonchev–Trinajstić information content (AvgIpc) is 2.47. The first-order valence-electron chi connectivity index (χ1n) is 7.04. The molecular formula is C15H25N3OS. The zero-order valence-corrected chi connectivity index (χ0v) is 13.1. The fourth-order valence-corrected chi connectivity index (χ4v) is 2.00. The molecule has 3 atom stereocenters. The molecule has 0 aliphatic rings. The van der Waals surface area contributed by atoms with Crippen LogP contribution in [0, 0.1) is 5.92 Å². The summed E-state index contributed by atoms with van der Waals surface area (Å²) in [6.07, 6.45) is 0.927. The molecule has 0 heterocycles. The summed E-state index contributed by atoms with van der Waals surface area (Å²) in [7, 11) is 0. The highest BCUT2D eigenvalue weighted by atomic mass is 32.1. The molecule has 0 fully saturated rings. The van der Waals surface area contributed by atoms with Gasteiger partial charge in [-0.25, -0.2) is 0 Å². The molecule has 0 aromatic heterocycles. The topological polar surface area (TPSA) is 67.1 Å². The minimum absolute atomic E-state index is 0.0167. The molecule has 20 heavy (non-hydrogen) atoms. The van der Waals surface area contributed by atoms with Crippen molar-refractivity contribution in [2.75, 3.05) is 17.6 Å². The predicted octanol–water partition coefficient (Wildman–Crippen LogP) is 1.89. The molecule has 0 radical (unpaired) electrons. The van der Waals surface area contributed by atoms with Crippen LogP contribution in [0.1, 0.15) is 20.3 Å². The lowest BCUT2D eigenvalue weighted by atomic mass is 9.98. The van der Waals surface area contributed by atoms with E-state index in [1.165, 1.54) is 0 Å². The quantitative estimate of drug-likeness (QED) is 0.554. The Kier molecular flexibility index (Phi) is 7.65. The predicted molar refractivity (Wildman–Crippen MR) is 88.1 cm³/mol. The van der Waals surface area contributed by atoms with Gasteiger partial charge in [0.1, 0.15) is 0 Å². The number of carbonyl (C=O) groups is 1. The number of nitrogens with two attached hydrogens (primary N) is 1. The second-order valence-electron chi connectivity index (χ2n) is 5.07. The van der Waals surface area contributed by atoms with E-state index in [-0.39, 0.29) is 23.9 Å². The maximum atomic E-state index is 12.4. The number of hydrogen-bond donors (Lipinski definition) is 4. The second-order valence-corrected chi connectivity index (χ2v) is 5.43.